The standard InChI is InChI=1S/C14H16N2O5S/c1-14(2)7-10(17)13(11(18)8-14)16-15-9-5-3-4-6-12(9)22(19,20)21/h3-6,17H,7-8H2,1-2H3,(H,19,20,21). The first kappa shape index (κ1) is 16.3. The SMILES string of the molecule is CC1(C)CC(=O)C(N=Nc2ccccc2S(=O)(=O)O)=C(O)C1. The topological polar surface area (TPSA) is 116 Å². The van der Waals surface area contributed by atoms with Crippen LogP contribution in [0.1, 0.15) is 26.7 Å². The summed E-state index contributed by atoms with van der Waals surface area (Å²) in [7, 11) is -4.45. The number of Topliss-reactive ketones (excluding diaryl/α,β-unsaturated/α-hetero) is 1. The molecule has 8 heteroatoms. The molecule has 0 spiro atoms. The third-order valence-corrected chi connectivity index (χ3v) is 4.12. The van der Waals surface area contributed by atoms with Gasteiger partial charge in [-0.2, -0.15) is 8.42 Å². The predicted octanol–water partition coefficient (Wildman–Crippen LogP) is 3.18. The summed E-state index contributed by atoms with van der Waals surface area (Å²) in [4.78, 5) is 11.6. The molecule has 0 aliphatic heterocycles. The molecule has 1 aromatic carbocycles. The smallest absolute Gasteiger partial charge is 0.296 e. The molecule has 0 radical (unpaired) electrons. The highest BCUT2D eigenvalue weighted by atomic mass is 32.2. The Morgan fingerprint density at radius 2 is 1.77 bits per heavy atom. The average molecular weight is 324 g/mol. The zero-order valence-corrected chi connectivity index (χ0v) is 13.0. The summed E-state index contributed by atoms with van der Waals surface area (Å²) >= 11 is 0. The summed E-state index contributed by atoms with van der Waals surface area (Å²) < 4.78 is 31.6. The molecule has 0 aromatic heterocycles. The van der Waals surface area contributed by atoms with Crippen LogP contribution in [0.2, 0.25) is 0 Å². The second-order valence-corrected chi connectivity index (χ2v) is 7.27. The van der Waals surface area contributed by atoms with Crippen LogP contribution >= 0.6 is 0 Å². The minimum absolute atomic E-state index is 0.108. The first-order chi connectivity index (χ1) is 10.1. The Labute approximate surface area is 128 Å². The van der Waals surface area contributed by atoms with Crippen LogP contribution < -0.4 is 0 Å². The number of hydrogen-bond donors (Lipinski definition) is 2. The van der Waals surface area contributed by atoms with Crippen molar-refractivity contribution in [3.05, 3.63) is 35.7 Å². The van der Waals surface area contributed by atoms with Crippen LogP contribution in [0.5, 0.6) is 0 Å². The number of carbonyl (C=O) groups is 1. The Balaban J connectivity index is 2.40. The maximum atomic E-state index is 12.0. The molecule has 1 aliphatic rings. The fourth-order valence-electron chi connectivity index (χ4n) is 2.25. The first-order valence-electron chi connectivity index (χ1n) is 6.54. The van der Waals surface area contributed by atoms with Crippen molar-refractivity contribution in [2.75, 3.05) is 0 Å². The van der Waals surface area contributed by atoms with Crippen LogP contribution in [0.3, 0.4) is 0 Å². The fourth-order valence-corrected chi connectivity index (χ4v) is 2.88. The number of ketones is 1. The van der Waals surface area contributed by atoms with E-state index in [1.807, 2.05) is 13.8 Å². The van der Waals surface area contributed by atoms with E-state index in [9.17, 15) is 18.3 Å². The highest BCUT2D eigenvalue weighted by Crippen LogP contribution is 2.36. The lowest BCUT2D eigenvalue weighted by atomic mass is 9.78. The zero-order chi connectivity index (χ0) is 16.5. The molecule has 2 N–H and O–H groups in total. The Kier molecular flexibility index (Phi) is 4.17. The Morgan fingerprint density at radius 1 is 1.14 bits per heavy atom. The van der Waals surface area contributed by atoms with Gasteiger partial charge in [0.05, 0.1) is 0 Å². The van der Waals surface area contributed by atoms with Crippen LogP contribution in [0.25, 0.3) is 0 Å². The highest BCUT2D eigenvalue weighted by molar-refractivity contribution is 7.86. The Morgan fingerprint density at radius 3 is 2.36 bits per heavy atom. The maximum absolute atomic E-state index is 12.0. The maximum Gasteiger partial charge on any atom is 0.296 e. The second-order valence-electron chi connectivity index (χ2n) is 5.88. The van der Waals surface area contributed by atoms with Gasteiger partial charge in [-0.3, -0.25) is 9.35 Å². The van der Waals surface area contributed by atoms with E-state index in [-0.39, 0.29) is 41.2 Å². The number of nitrogens with zero attached hydrogens (tertiary/aromatic N) is 2. The van der Waals surface area contributed by atoms with Gasteiger partial charge in [0.15, 0.2) is 11.5 Å². The van der Waals surface area contributed by atoms with Crippen LogP contribution in [0, 0.1) is 5.41 Å². The quantitative estimate of drug-likeness (QED) is 0.654. The summed E-state index contributed by atoms with van der Waals surface area (Å²) in [5, 5.41) is 17.3. The third kappa shape index (κ3) is 3.58. The van der Waals surface area contributed by atoms with Crippen molar-refractivity contribution in [1.82, 2.24) is 0 Å². The van der Waals surface area contributed by atoms with E-state index in [1.165, 1.54) is 24.3 Å². The van der Waals surface area contributed by atoms with Crippen molar-refractivity contribution in [1.29, 1.82) is 0 Å². The normalized spacial score (nSPS) is 19.0. The summed E-state index contributed by atoms with van der Waals surface area (Å²) in [5.41, 5.74) is -0.639. The molecule has 0 amide bonds. The monoisotopic (exact) mass is 324 g/mol. The lowest BCUT2D eigenvalue weighted by Crippen LogP contribution is -2.25. The van der Waals surface area contributed by atoms with Crippen molar-refractivity contribution in [3.63, 3.8) is 0 Å². The molecule has 2 rings (SSSR count). The summed E-state index contributed by atoms with van der Waals surface area (Å²) in [6, 6.07) is 5.45. The van der Waals surface area contributed by atoms with E-state index in [0.717, 1.165) is 0 Å². The number of benzene rings is 1. The molecule has 0 saturated heterocycles. The highest BCUT2D eigenvalue weighted by Gasteiger charge is 2.33. The minimum atomic E-state index is -4.45. The Bertz CT molecular complexity index is 778. The molecule has 0 bridgehead atoms. The summed E-state index contributed by atoms with van der Waals surface area (Å²) in [6.45, 7) is 3.70. The molecule has 0 saturated carbocycles. The van der Waals surface area contributed by atoms with Crippen molar-refractivity contribution in [3.8, 4) is 0 Å². The molecule has 7 nitrogen and oxygen atoms in total. The van der Waals surface area contributed by atoms with Gasteiger partial charge in [-0.25, -0.2) is 0 Å². The van der Waals surface area contributed by atoms with Crippen LogP contribution in [-0.4, -0.2) is 23.9 Å². The largest absolute Gasteiger partial charge is 0.510 e. The third-order valence-electron chi connectivity index (χ3n) is 3.22. The number of allylic oxidation sites excluding steroid dienone is 2. The van der Waals surface area contributed by atoms with Crippen LogP contribution in [0.15, 0.2) is 50.8 Å². The molecule has 0 atom stereocenters. The molecular formula is C14H16N2O5S. The molecule has 1 aromatic rings. The molecule has 1 aliphatic carbocycles. The van der Waals surface area contributed by atoms with Gasteiger partial charge in [0.1, 0.15) is 16.3 Å². The van der Waals surface area contributed by atoms with Gasteiger partial charge >= 0.3 is 0 Å². The van der Waals surface area contributed by atoms with Gasteiger partial charge in [0, 0.05) is 12.8 Å². The molecule has 0 heterocycles. The summed E-state index contributed by atoms with van der Waals surface area (Å²) in [6.07, 6.45) is 0.498. The second kappa shape index (κ2) is 5.62. The van der Waals surface area contributed by atoms with Gasteiger partial charge < -0.3 is 5.11 Å². The lowest BCUT2D eigenvalue weighted by Gasteiger charge is -2.27. The predicted molar refractivity (Wildman–Crippen MR) is 78.4 cm³/mol. The number of aliphatic hydroxyl groups is 1. The number of rotatable bonds is 3. The van der Waals surface area contributed by atoms with Crippen molar-refractivity contribution < 1.29 is 22.9 Å². The lowest BCUT2D eigenvalue weighted by molar-refractivity contribution is -0.118. The van der Waals surface area contributed by atoms with E-state index >= 15 is 0 Å². The number of aliphatic hydroxyl groups excluding tert-OH is 1. The zero-order valence-electron chi connectivity index (χ0n) is 12.1. The van der Waals surface area contributed by atoms with Crippen LogP contribution in [0.4, 0.5) is 5.69 Å². The van der Waals surface area contributed by atoms with Crippen LogP contribution in [-0.2, 0) is 14.9 Å². The van der Waals surface area contributed by atoms with Crippen molar-refractivity contribution in [2.45, 2.75) is 31.6 Å². The van der Waals surface area contributed by atoms with Gasteiger partial charge in [-0.05, 0) is 17.5 Å². The average Bonchev–Trinajstić information content (AvgIpc) is 2.35. The van der Waals surface area contributed by atoms with E-state index < -0.39 is 15.0 Å². The fraction of sp³-hybridized carbons (Fsp3) is 0.357. The molecular weight excluding hydrogens is 308 g/mol. The first-order valence-corrected chi connectivity index (χ1v) is 7.98. The van der Waals surface area contributed by atoms with E-state index in [0.29, 0.717) is 0 Å². The number of azo groups is 1. The van der Waals surface area contributed by atoms with Gasteiger partial charge in [0.2, 0.25) is 0 Å². The van der Waals surface area contributed by atoms with Crippen molar-refractivity contribution in [2.24, 2.45) is 15.6 Å². The van der Waals surface area contributed by atoms with E-state index in [4.69, 9.17) is 4.55 Å². The molecule has 0 fully saturated rings. The Hall–Kier alpha value is -2.06. The molecule has 22 heavy (non-hydrogen) atoms. The van der Waals surface area contributed by atoms with Gasteiger partial charge in [-0.15, -0.1) is 10.2 Å². The van der Waals surface area contributed by atoms with Gasteiger partial charge in [-0.1, -0.05) is 26.0 Å². The molecule has 0 unspecified atom stereocenters. The van der Waals surface area contributed by atoms with E-state index in [1.54, 1.807) is 0 Å². The molecule has 118 valence electrons. The van der Waals surface area contributed by atoms with E-state index in [2.05, 4.69) is 10.2 Å². The number of carbonyl (C=O) groups excluding carboxylic acids is 1. The number of hydrogen-bond acceptors (Lipinski definition) is 6. The summed E-state index contributed by atoms with van der Waals surface area (Å²) in [5.74, 6) is -0.531. The minimum Gasteiger partial charge on any atom is -0.510 e. The van der Waals surface area contributed by atoms with Gasteiger partial charge in [0.25, 0.3) is 10.1 Å². The van der Waals surface area contributed by atoms with Crippen molar-refractivity contribution >= 4 is 21.6 Å².